The van der Waals surface area contributed by atoms with Crippen LogP contribution in [0.5, 0.6) is 11.5 Å². The van der Waals surface area contributed by atoms with Gasteiger partial charge in [0, 0.05) is 20.1 Å². The molecule has 0 aromatic heterocycles. The van der Waals surface area contributed by atoms with Crippen molar-refractivity contribution < 1.29 is 19.1 Å². The molecule has 174 valence electrons. The maximum atomic E-state index is 13.0. The molecule has 0 spiro atoms. The average Bonchev–Trinajstić information content (AvgIpc) is 3.08. The quantitative estimate of drug-likeness (QED) is 0.253. The van der Waals surface area contributed by atoms with Gasteiger partial charge in [-0.05, 0) is 55.0 Å². The first-order valence-electron chi connectivity index (χ1n) is 10.3. The zero-order valence-electron chi connectivity index (χ0n) is 18.0. The number of imide groups is 1. The van der Waals surface area contributed by atoms with Crippen LogP contribution in [0.15, 0.2) is 70.8 Å². The van der Waals surface area contributed by atoms with E-state index in [-0.39, 0.29) is 12.3 Å². The summed E-state index contributed by atoms with van der Waals surface area (Å²) in [6, 6.07) is 16.9. The second kappa shape index (κ2) is 10.5. The van der Waals surface area contributed by atoms with Gasteiger partial charge in [-0.1, -0.05) is 63.4 Å². The van der Waals surface area contributed by atoms with Crippen molar-refractivity contribution in [2.75, 3.05) is 11.5 Å². The zero-order chi connectivity index (χ0) is 24.2. The highest BCUT2D eigenvalue weighted by atomic mass is 79.9. The van der Waals surface area contributed by atoms with Crippen molar-refractivity contribution in [1.82, 2.24) is 5.32 Å². The third-order valence-corrected chi connectivity index (χ3v) is 6.24. The lowest BCUT2D eigenvalue weighted by atomic mass is 10.1. The second-order valence-corrected chi connectivity index (χ2v) is 8.94. The minimum Gasteiger partial charge on any atom is -0.490 e. The van der Waals surface area contributed by atoms with E-state index in [1.807, 2.05) is 25.1 Å². The molecule has 1 N–H and O–H groups in total. The van der Waals surface area contributed by atoms with Gasteiger partial charge in [-0.3, -0.25) is 4.79 Å². The number of carbonyl (C=O) groups excluding carboxylic acids is 2. The summed E-state index contributed by atoms with van der Waals surface area (Å²) < 4.78 is 12.4. The molecule has 3 aromatic carbocycles. The van der Waals surface area contributed by atoms with E-state index in [0.29, 0.717) is 43.9 Å². The van der Waals surface area contributed by atoms with Crippen LogP contribution in [0.3, 0.4) is 0 Å². The van der Waals surface area contributed by atoms with E-state index in [4.69, 9.17) is 32.7 Å². The number of nitrogens with zero attached hydrogens (tertiary/aromatic N) is 1. The van der Waals surface area contributed by atoms with E-state index in [2.05, 4.69) is 21.2 Å². The maximum Gasteiger partial charge on any atom is 0.333 e. The van der Waals surface area contributed by atoms with Crippen molar-refractivity contribution >= 4 is 62.8 Å². The fraction of sp³-hybridized carbons (Fsp3) is 0.120. The Morgan fingerprint density at radius 2 is 1.76 bits per heavy atom. The summed E-state index contributed by atoms with van der Waals surface area (Å²) in [6.07, 6.45) is 1.58. The predicted octanol–water partition coefficient (Wildman–Crippen LogP) is 6.83. The number of rotatable bonds is 7. The highest BCUT2D eigenvalue weighted by molar-refractivity contribution is 9.10. The summed E-state index contributed by atoms with van der Waals surface area (Å²) >= 11 is 15.8. The molecule has 6 nitrogen and oxygen atoms in total. The Hall–Kier alpha value is -3.00. The van der Waals surface area contributed by atoms with Gasteiger partial charge in [-0.15, -0.1) is 0 Å². The summed E-state index contributed by atoms with van der Waals surface area (Å²) in [5, 5.41) is 3.65. The van der Waals surface area contributed by atoms with Crippen LogP contribution in [-0.2, 0) is 11.4 Å². The van der Waals surface area contributed by atoms with Crippen molar-refractivity contribution in [2.24, 2.45) is 0 Å². The van der Waals surface area contributed by atoms with Crippen molar-refractivity contribution in [3.8, 4) is 11.5 Å². The molecule has 0 radical (unpaired) electrons. The van der Waals surface area contributed by atoms with E-state index >= 15 is 0 Å². The minimum absolute atomic E-state index is 0.123. The number of hydrogen-bond acceptors (Lipinski definition) is 4. The lowest BCUT2D eigenvalue weighted by Gasteiger charge is -2.15. The van der Waals surface area contributed by atoms with E-state index < -0.39 is 11.9 Å². The van der Waals surface area contributed by atoms with Crippen LogP contribution < -0.4 is 19.7 Å². The Balaban J connectivity index is 1.61. The first kappa shape index (κ1) is 24.1. The van der Waals surface area contributed by atoms with Crippen LogP contribution in [0.1, 0.15) is 18.1 Å². The standard InChI is InChI=1S/C25H19BrCl2N2O4/c1-2-33-22-11-16(19(26)13-23(22)34-14-15-6-3-4-9-20(15)28)10-21-24(31)30(25(32)29-21)18-8-5-7-17(27)12-18/h3-13H,2,14H2,1H3,(H,29,32)/b21-10+. The molecular formula is C25H19BrCl2N2O4. The molecular weight excluding hydrogens is 543 g/mol. The van der Waals surface area contributed by atoms with Gasteiger partial charge in [0.25, 0.3) is 5.91 Å². The summed E-state index contributed by atoms with van der Waals surface area (Å²) in [7, 11) is 0. The Kier molecular flexibility index (Phi) is 7.46. The van der Waals surface area contributed by atoms with Gasteiger partial charge < -0.3 is 14.8 Å². The molecule has 0 unspecified atom stereocenters. The molecule has 1 saturated heterocycles. The number of carbonyl (C=O) groups is 2. The first-order chi connectivity index (χ1) is 16.4. The highest BCUT2D eigenvalue weighted by Crippen LogP contribution is 2.36. The number of urea groups is 1. The number of benzene rings is 3. The number of hydrogen-bond donors (Lipinski definition) is 1. The third kappa shape index (κ3) is 5.22. The largest absolute Gasteiger partial charge is 0.490 e. The number of amides is 3. The fourth-order valence-electron chi connectivity index (χ4n) is 3.35. The third-order valence-electron chi connectivity index (χ3n) is 4.95. The summed E-state index contributed by atoms with van der Waals surface area (Å²) in [5.41, 5.74) is 1.98. The van der Waals surface area contributed by atoms with Gasteiger partial charge in [0.15, 0.2) is 11.5 Å². The lowest BCUT2D eigenvalue weighted by molar-refractivity contribution is -0.113. The van der Waals surface area contributed by atoms with Crippen LogP contribution in [0.4, 0.5) is 10.5 Å². The molecule has 3 aromatic rings. The van der Waals surface area contributed by atoms with Crippen LogP contribution in [0.25, 0.3) is 6.08 Å². The SMILES string of the molecule is CCOc1cc(/C=C2/NC(=O)N(c3cccc(Cl)c3)C2=O)c(Br)cc1OCc1ccccc1Cl. The van der Waals surface area contributed by atoms with Crippen LogP contribution in [-0.4, -0.2) is 18.5 Å². The van der Waals surface area contributed by atoms with E-state index in [1.165, 1.54) is 0 Å². The van der Waals surface area contributed by atoms with Gasteiger partial charge in [-0.25, -0.2) is 9.69 Å². The molecule has 3 amide bonds. The average molecular weight is 562 g/mol. The highest BCUT2D eigenvalue weighted by Gasteiger charge is 2.35. The summed E-state index contributed by atoms with van der Waals surface area (Å²) in [6.45, 7) is 2.54. The normalized spacial score (nSPS) is 14.5. The number of nitrogens with one attached hydrogen (secondary N) is 1. The Morgan fingerprint density at radius 1 is 1.00 bits per heavy atom. The second-order valence-electron chi connectivity index (χ2n) is 7.24. The van der Waals surface area contributed by atoms with E-state index in [1.54, 1.807) is 48.5 Å². The molecule has 0 bridgehead atoms. The number of anilines is 1. The molecule has 1 aliphatic heterocycles. The molecule has 4 rings (SSSR count). The fourth-order valence-corrected chi connectivity index (χ4v) is 4.17. The predicted molar refractivity (Wildman–Crippen MR) is 137 cm³/mol. The van der Waals surface area contributed by atoms with Crippen LogP contribution >= 0.6 is 39.1 Å². The molecule has 1 fully saturated rings. The number of ether oxygens (including phenoxy) is 2. The Labute approximate surface area is 215 Å². The lowest BCUT2D eigenvalue weighted by Crippen LogP contribution is -2.30. The smallest absolute Gasteiger partial charge is 0.333 e. The zero-order valence-corrected chi connectivity index (χ0v) is 21.1. The van der Waals surface area contributed by atoms with Crippen LogP contribution in [0.2, 0.25) is 10.0 Å². The summed E-state index contributed by atoms with van der Waals surface area (Å²) in [4.78, 5) is 26.5. The van der Waals surface area contributed by atoms with E-state index in [9.17, 15) is 9.59 Å². The Bertz CT molecular complexity index is 1300. The van der Waals surface area contributed by atoms with Crippen molar-refractivity contribution in [1.29, 1.82) is 0 Å². The van der Waals surface area contributed by atoms with Gasteiger partial charge in [-0.2, -0.15) is 0 Å². The van der Waals surface area contributed by atoms with Gasteiger partial charge >= 0.3 is 6.03 Å². The molecule has 0 saturated carbocycles. The van der Waals surface area contributed by atoms with Gasteiger partial charge in [0.2, 0.25) is 0 Å². The monoisotopic (exact) mass is 560 g/mol. The van der Waals surface area contributed by atoms with Crippen LogP contribution in [0, 0.1) is 0 Å². The van der Waals surface area contributed by atoms with Gasteiger partial charge in [0.05, 0.1) is 12.3 Å². The topological polar surface area (TPSA) is 67.9 Å². The van der Waals surface area contributed by atoms with Crippen molar-refractivity contribution in [3.05, 3.63) is 92.0 Å². The number of halogens is 3. The van der Waals surface area contributed by atoms with Crippen molar-refractivity contribution in [3.63, 3.8) is 0 Å². The molecule has 9 heteroatoms. The molecule has 0 atom stereocenters. The maximum absolute atomic E-state index is 13.0. The molecule has 34 heavy (non-hydrogen) atoms. The molecule has 0 aliphatic carbocycles. The van der Waals surface area contributed by atoms with Gasteiger partial charge in [0.1, 0.15) is 12.3 Å². The minimum atomic E-state index is -0.556. The molecule has 1 aliphatic rings. The molecule has 1 heterocycles. The Morgan fingerprint density at radius 3 is 2.50 bits per heavy atom. The summed E-state index contributed by atoms with van der Waals surface area (Å²) in [5.74, 6) is 0.516. The first-order valence-corrected chi connectivity index (χ1v) is 11.9. The van der Waals surface area contributed by atoms with Crippen molar-refractivity contribution in [2.45, 2.75) is 13.5 Å². The van der Waals surface area contributed by atoms with E-state index in [0.717, 1.165) is 10.5 Å².